The van der Waals surface area contributed by atoms with E-state index in [0.29, 0.717) is 28.9 Å². The van der Waals surface area contributed by atoms with Crippen LogP contribution in [0.15, 0.2) is 28.7 Å². The lowest BCUT2D eigenvalue weighted by molar-refractivity contribution is -0.148. The average molecular weight is 539 g/mol. The first kappa shape index (κ1) is 23.1. The zero-order valence-corrected chi connectivity index (χ0v) is 21.2. The molecule has 1 aromatic carbocycles. The van der Waals surface area contributed by atoms with Gasteiger partial charge in [0.2, 0.25) is 22.7 Å². The largest absolute Gasteiger partial charge is 0.369 e. The predicted octanol–water partition coefficient (Wildman–Crippen LogP) is 3.28. The summed E-state index contributed by atoms with van der Waals surface area (Å²) in [4.78, 5) is 26.3. The minimum Gasteiger partial charge on any atom is -0.369 e. The number of rotatable bonds is 6. The Morgan fingerprint density at radius 3 is 2.24 bits per heavy atom. The monoisotopic (exact) mass is 537 g/mol. The van der Waals surface area contributed by atoms with Crippen LogP contribution in [-0.4, -0.2) is 31.8 Å². The molecular weight excluding hydrogens is 506 g/mol. The maximum atomic E-state index is 14.0. The Hall–Kier alpha value is -1.61. The summed E-state index contributed by atoms with van der Waals surface area (Å²) in [5.74, 6) is 0.568. The number of carbonyl (C=O) groups excluding carboxylic acids is 2. The van der Waals surface area contributed by atoms with Crippen LogP contribution in [0.4, 0.5) is 5.69 Å². The third-order valence-corrected chi connectivity index (χ3v) is 10.4. The molecule has 2 unspecified atom stereocenters. The molecule has 0 aliphatic heterocycles. The van der Waals surface area contributed by atoms with Crippen molar-refractivity contribution in [1.82, 2.24) is 5.32 Å². The minimum absolute atomic E-state index is 0.0223. The normalized spacial score (nSPS) is 34.2. The van der Waals surface area contributed by atoms with E-state index in [4.69, 9.17) is 5.73 Å². The summed E-state index contributed by atoms with van der Waals surface area (Å²) in [6.45, 7) is 0. The van der Waals surface area contributed by atoms with E-state index < -0.39 is 21.8 Å². The van der Waals surface area contributed by atoms with Crippen LogP contribution in [0.25, 0.3) is 0 Å². The highest BCUT2D eigenvalue weighted by Gasteiger charge is 2.59. The van der Waals surface area contributed by atoms with Crippen molar-refractivity contribution in [1.29, 1.82) is 0 Å². The molecule has 5 aliphatic rings. The number of thiol groups is 1. The Morgan fingerprint density at radius 2 is 1.67 bits per heavy atom. The van der Waals surface area contributed by atoms with E-state index in [9.17, 15) is 18.0 Å². The van der Waals surface area contributed by atoms with Gasteiger partial charge < -0.3 is 11.1 Å². The Kier molecular flexibility index (Phi) is 6.00. The van der Waals surface area contributed by atoms with Gasteiger partial charge >= 0.3 is 0 Å². The van der Waals surface area contributed by atoms with E-state index in [2.05, 4.69) is 21.2 Å². The molecule has 0 spiro atoms. The van der Waals surface area contributed by atoms with E-state index in [1.54, 1.807) is 18.2 Å². The van der Waals surface area contributed by atoms with E-state index >= 15 is 0 Å². The molecule has 4 bridgehead atoms. The number of halogens is 1. The number of benzene rings is 1. The molecule has 5 fully saturated rings. The summed E-state index contributed by atoms with van der Waals surface area (Å²) in [5.41, 5.74) is 4.78. The van der Waals surface area contributed by atoms with Gasteiger partial charge in [-0.3, -0.25) is 13.9 Å². The molecule has 2 atom stereocenters. The molecule has 6 rings (SSSR count). The minimum atomic E-state index is -3.03. The molecule has 9 heteroatoms. The molecule has 0 radical (unpaired) electrons. The highest BCUT2D eigenvalue weighted by Crippen LogP contribution is 2.60. The summed E-state index contributed by atoms with van der Waals surface area (Å²) >= 11 is 3.49. The first-order valence-electron chi connectivity index (χ1n) is 12.1. The molecule has 5 saturated carbocycles. The second-order valence-corrected chi connectivity index (χ2v) is 12.4. The lowest BCUT2D eigenvalue weighted by Crippen LogP contribution is -2.66. The molecule has 0 aromatic heterocycles. The first-order valence-corrected chi connectivity index (χ1v) is 14.0. The van der Waals surface area contributed by atoms with Gasteiger partial charge in [-0.25, -0.2) is 8.42 Å². The van der Waals surface area contributed by atoms with Crippen molar-refractivity contribution in [3.05, 3.63) is 28.7 Å². The molecule has 0 heterocycles. The number of nitrogens with one attached hydrogen (secondary N) is 1. The first-order chi connectivity index (χ1) is 15.8. The molecule has 5 aliphatic carbocycles. The van der Waals surface area contributed by atoms with Gasteiger partial charge in [-0.15, -0.1) is 0 Å². The van der Waals surface area contributed by atoms with Crippen molar-refractivity contribution >= 4 is 44.3 Å². The molecule has 1 aromatic rings. The Labute approximate surface area is 205 Å². The maximum Gasteiger partial charge on any atom is 0.247 e. The topological polar surface area (TPSA) is 110 Å². The van der Waals surface area contributed by atoms with Gasteiger partial charge in [0, 0.05) is 15.9 Å². The summed E-state index contributed by atoms with van der Waals surface area (Å²) in [6, 6.07) is 7.16. The summed E-state index contributed by atoms with van der Waals surface area (Å²) in [7, 11) is -3.03. The van der Waals surface area contributed by atoms with Gasteiger partial charge in [-0.05, 0) is 90.8 Å². The second kappa shape index (κ2) is 8.56. The number of primary amides is 1. The molecule has 7 nitrogen and oxygen atoms in total. The van der Waals surface area contributed by atoms with Crippen molar-refractivity contribution in [3.63, 3.8) is 0 Å². The van der Waals surface area contributed by atoms with E-state index in [1.165, 1.54) is 4.31 Å². The number of nitrogens with zero attached hydrogens (tertiary/aromatic N) is 1. The maximum absolute atomic E-state index is 14.0. The number of nitrogens with two attached hydrogens (primary N) is 1. The van der Waals surface area contributed by atoms with Crippen molar-refractivity contribution in [2.75, 3.05) is 4.31 Å². The molecule has 33 heavy (non-hydrogen) atoms. The smallest absolute Gasteiger partial charge is 0.247 e. The fourth-order valence-electron chi connectivity index (χ4n) is 7.62. The number of carbonyl (C=O) groups is 2. The van der Waals surface area contributed by atoms with Crippen LogP contribution in [0.3, 0.4) is 0 Å². The van der Waals surface area contributed by atoms with Crippen LogP contribution in [0.2, 0.25) is 0 Å². The quantitative estimate of drug-likeness (QED) is 0.483. The number of hydrogen-bond donors (Lipinski definition) is 3. The molecular formula is C24H32BrN3O4S. The van der Waals surface area contributed by atoms with Gasteiger partial charge in [0.05, 0.1) is 5.69 Å². The Bertz CT molecular complexity index is 1010. The number of hydrogen-bond acceptors (Lipinski definition) is 4. The van der Waals surface area contributed by atoms with Gasteiger partial charge in [0.15, 0.2) is 0 Å². The van der Waals surface area contributed by atoms with Crippen molar-refractivity contribution in [3.8, 4) is 0 Å². The fourth-order valence-corrected chi connectivity index (χ4v) is 9.17. The Balaban J connectivity index is 1.46. The highest BCUT2D eigenvalue weighted by atomic mass is 79.9. The standard InChI is InChI=1S/C24H32BrN3O4S/c25-18-6-2-3-7-19(18)28(33(31)32)24(8-4-1-5-9-24)22(30)27-20-16-10-15-11-17(20)14-23(12-15,13-16)21(26)29/h2-3,6-7,15-17,20,33H,1,4-5,8-14H2,(H2,26,29)(H,27,30). The zero-order valence-electron chi connectivity index (χ0n) is 18.7. The number of anilines is 1. The van der Waals surface area contributed by atoms with E-state index in [1.807, 2.05) is 6.07 Å². The fraction of sp³-hybridized carbons (Fsp3) is 0.667. The third kappa shape index (κ3) is 3.79. The number of para-hydroxylation sites is 1. The second-order valence-electron chi connectivity index (χ2n) is 10.7. The average Bonchev–Trinajstić information content (AvgIpc) is 2.77. The van der Waals surface area contributed by atoms with Gasteiger partial charge in [-0.1, -0.05) is 31.4 Å². The SMILES string of the molecule is NC(=O)C12CC3CC(C1)C(NC(=O)C1(N(c4ccccc4Br)[SH](=O)=O)CCCCC1)C(C3)C2. The predicted molar refractivity (Wildman–Crippen MR) is 130 cm³/mol. The Morgan fingerprint density at radius 1 is 1.03 bits per heavy atom. The van der Waals surface area contributed by atoms with E-state index in [-0.39, 0.29) is 29.7 Å². The van der Waals surface area contributed by atoms with Crippen LogP contribution >= 0.6 is 15.9 Å². The lowest BCUT2D eigenvalue weighted by Gasteiger charge is -2.59. The summed E-state index contributed by atoms with van der Waals surface area (Å²) in [5, 5.41) is 3.34. The van der Waals surface area contributed by atoms with Crippen LogP contribution in [-0.2, 0) is 20.5 Å². The zero-order chi connectivity index (χ0) is 23.4. The van der Waals surface area contributed by atoms with Crippen LogP contribution < -0.4 is 15.4 Å². The van der Waals surface area contributed by atoms with Crippen LogP contribution in [0, 0.1) is 23.2 Å². The highest BCUT2D eigenvalue weighted by molar-refractivity contribution is 9.10. The van der Waals surface area contributed by atoms with Crippen molar-refractivity contribution in [2.24, 2.45) is 28.9 Å². The van der Waals surface area contributed by atoms with Crippen LogP contribution in [0.1, 0.15) is 64.2 Å². The van der Waals surface area contributed by atoms with E-state index in [0.717, 1.165) is 51.4 Å². The van der Waals surface area contributed by atoms with Gasteiger partial charge in [0.25, 0.3) is 0 Å². The van der Waals surface area contributed by atoms with Crippen molar-refractivity contribution < 1.29 is 18.0 Å². The molecule has 2 amide bonds. The molecule has 0 saturated heterocycles. The van der Waals surface area contributed by atoms with Crippen molar-refractivity contribution in [2.45, 2.75) is 75.8 Å². The van der Waals surface area contributed by atoms with Crippen LogP contribution in [0.5, 0.6) is 0 Å². The molecule has 3 N–H and O–H groups in total. The third-order valence-electron chi connectivity index (χ3n) is 8.85. The summed E-state index contributed by atoms with van der Waals surface area (Å²) in [6.07, 6.45) is 7.97. The van der Waals surface area contributed by atoms with Gasteiger partial charge in [0.1, 0.15) is 5.54 Å². The number of amides is 2. The summed E-state index contributed by atoms with van der Waals surface area (Å²) < 4.78 is 27.2. The lowest BCUT2D eigenvalue weighted by atomic mass is 9.47. The molecule has 180 valence electrons. The van der Waals surface area contributed by atoms with Gasteiger partial charge in [-0.2, -0.15) is 0 Å².